The van der Waals surface area contributed by atoms with Crippen molar-refractivity contribution in [2.24, 2.45) is 4.99 Å². The fourth-order valence-corrected chi connectivity index (χ4v) is 3.10. The molecule has 2 aliphatic heterocycles. The van der Waals surface area contributed by atoms with Gasteiger partial charge in [0.2, 0.25) is 0 Å². The maximum atomic E-state index is 12.4. The largest absolute Gasteiger partial charge is 0.487 e. The number of amides is 1. The van der Waals surface area contributed by atoms with Crippen molar-refractivity contribution in [3.8, 4) is 11.8 Å². The summed E-state index contributed by atoms with van der Waals surface area (Å²) in [7, 11) is 3.71. The Balaban J connectivity index is 1.80. The average Bonchev–Trinajstić information content (AvgIpc) is 2.63. The zero-order valence-corrected chi connectivity index (χ0v) is 17.0. The van der Waals surface area contributed by atoms with Crippen LogP contribution in [-0.2, 0) is 4.74 Å². The van der Waals surface area contributed by atoms with Crippen LogP contribution in [-0.4, -0.2) is 79.2 Å². The highest BCUT2D eigenvalue weighted by Gasteiger charge is 2.37. The van der Waals surface area contributed by atoms with Crippen molar-refractivity contribution in [3.05, 3.63) is 11.8 Å². The molecule has 0 unspecified atom stereocenters. The maximum absolute atomic E-state index is 12.4. The number of anilines is 1. The van der Waals surface area contributed by atoms with Crippen LogP contribution in [0.3, 0.4) is 0 Å². The standard InChI is InChI=1S/C19H26N6O3/c1-19(2,3)28-18(26)24-6-7-25-13(10-24)11-27-16-8-14(21-12-23(4)5)15(9-20)22-17(16)25/h8,12-13H,6-7,10-11H2,1-5H3/t13-/m1/s1. The predicted molar refractivity (Wildman–Crippen MR) is 105 cm³/mol. The number of ether oxygens (including phenoxy) is 2. The maximum Gasteiger partial charge on any atom is 0.410 e. The van der Waals surface area contributed by atoms with E-state index in [-0.39, 0.29) is 17.8 Å². The fraction of sp³-hybridized carbons (Fsp3) is 0.579. The van der Waals surface area contributed by atoms with Crippen LogP contribution < -0.4 is 9.64 Å². The van der Waals surface area contributed by atoms with Gasteiger partial charge < -0.3 is 24.2 Å². The van der Waals surface area contributed by atoms with E-state index in [1.807, 2.05) is 34.9 Å². The van der Waals surface area contributed by atoms with Crippen molar-refractivity contribution in [1.29, 1.82) is 5.26 Å². The van der Waals surface area contributed by atoms with Gasteiger partial charge in [-0.1, -0.05) is 0 Å². The Morgan fingerprint density at radius 3 is 2.86 bits per heavy atom. The summed E-state index contributed by atoms with van der Waals surface area (Å²) in [4.78, 5) is 26.8. The first-order chi connectivity index (χ1) is 13.2. The van der Waals surface area contributed by atoms with E-state index in [1.54, 1.807) is 22.2 Å². The highest BCUT2D eigenvalue weighted by atomic mass is 16.6. The van der Waals surface area contributed by atoms with Gasteiger partial charge in [0, 0.05) is 39.8 Å². The third-order valence-electron chi connectivity index (χ3n) is 4.32. The Kier molecular flexibility index (Phi) is 5.31. The molecular formula is C19H26N6O3. The normalized spacial score (nSPS) is 18.8. The first-order valence-corrected chi connectivity index (χ1v) is 9.21. The molecule has 1 fully saturated rings. The second-order valence-corrected chi connectivity index (χ2v) is 8.08. The summed E-state index contributed by atoms with van der Waals surface area (Å²) in [5, 5.41) is 9.48. The van der Waals surface area contributed by atoms with Crippen LogP contribution >= 0.6 is 0 Å². The molecule has 3 heterocycles. The van der Waals surface area contributed by atoms with Crippen molar-refractivity contribution in [2.75, 3.05) is 45.2 Å². The Hall–Kier alpha value is -3.02. The molecule has 1 amide bonds. The van der Waals surface area contributed by atoms with E-state index < -0.39 is 5.60 Å². The molecule has 0 radical (unpaired) electrons. The summed E-state index contributed by atoms with van der Waals surface area (Å²) in [5.41, 5.74) is 0.188. The molecule has 0 N–H and O–H groups in total. The first kappa shape index (κ1) is 19.7. The molecule has 1 aromatic rings. The van der Waals surface area contributed by atoms with E-state index in [2.05, 4.69) is 20.9 Å². The smallest absolute Gasteiger partial charge is 0.410 e. The lowest BCUT2D eigenvalue weighted by molar-refractivity contribution is 0.0194. The number of carbonyl (C=O) groups is 1. The quantitative estimate of drug-likeness (QED) is 0.567. The molecule has 9 heteroatoms. The van der Waals surface area contributed by atoms with Crippen LogP contribution in [0.5, 0.6) is 5.75 Å². The van der Waals surface area contributed by atoms with Crippen LogP contribution in [0.1, 0.15) is 26.5 Å². The molecule has 0 spiro atoms. The van der Waals surface area contributed by atoms with E-state index in [4.69, 9.17) is 9.47 Å². The number of piperazine rings is 1. The van der Waals surface area contributed by atoms with E-state index in [0.29, 0.717) is 43.5 Å². The molecule has 2 aliphatic rings. The molecule has 3 rings (SSSR count). The second kappa shape index (κ2) is 7.54. The number of hydrogen-bond donors (Lipinski definition) is 0. The van der Waals surface area contributed by atoms with Gasteiger partial charge >= 0.3 is 6.09 Å². The van der Waals surface area contributed by atoms with Gasteiger partial charge in [-0.15, -0.1) is 0 Å². The Morgan fingerprint density at radius 2 is 2.21 bits per heavy atom. The van der Waals surface area contributed by atoms with Crippen LogP contribution in [0.25, 0.3) is 0 Å². The average molecular weight is 386 g/mol. The number of carbonyl (C=O) groups excluding carboxylic acids is 1. The summed E-state index contributed by atoms with van der Waals surface area (Å²) in [6.45, 7) is 7.59. The minimum atomic E-state index is -0.531. The Bertz CT molecular complexity index is 824. The topological polar surface area (TPSA) is 94.3 Å². The van der Waals surface area contributed by atoms with Crippen molar-refractivity contribution in [1.82, 2.24) is 14.8 Å². The summed E-state index contributed by atoms with van der Waals surface area (Å²) in [6, 6.07) is 3.82. The monoisotopic (exact) mass is 386 g/mol. The van der Waals surface area contributed by atoms with Gasteiger partial charge in [-0.2, -0.15) is 5.26 Å². The summed E-state index contributed by atoms with van der Waals surface area (Å²) in [5.74, 6) is 1.23. The fourth-order valence-electron chi connectivity index (χ4n) is 3.10. The van der Waals surface area contributed by atoms with Crippen molar-refractivity contribution in [3.63, 3.8) is 0 Å². The second-order valence-electron chi connectivity index (χ2n) is 8.08. The molecule has 150 valence electrons. The molecule has 1 aromatic heterocycles. The number of aromatic nitrogens is 1. The summed E-state index contributed by atoms with van der Waals surface area (Å²) < 4.78 is 11.4. The van der Waals surface area contributed by atoms with Crippen molar-refractivity contribution >= 4 is 23.9 Å². The lowest BCUT2D eigenvalue weighted by Crippen LogP contribution is -2.59. The highest BCUT2D eigenvalue weighted by Crippen LogP contribution is 2.37. The van der Waals surface area contributed by atoms with Gasteiger partial charge in [-0.3, -0.25) is 0 Å². The van der Waals surface area contributed by atoms with Gasteiger partial charge in [0.25, 0.3) is 0 Å². The zero-order valence-electron chi connectivity index (χ0n) is 17.0. The lowest BCUT2D eigenvalue weighted by Gasteiger charge is -2.44. The van der Waals surface area contributed by atoms with E-state index in [0.717, 1.165) is 0 Å². The van der Waals surface area contributed by atoms with E-state index in [1.165, 1.54) is 0 Å². The molecule has 28 heavy (non-hydrogen) atoms. The van der Waals surface area contributed by atoms with Gasteiger partial charge in [-0.05, 0) is 20.8 Å². The highest BCUT2D eigenvalue weighted by molar-refractivity contribution is 5.71. The molecule has 1 atom stereocenters. The molecule has 0 aromatic carbocycles. The van der Waals surface area contributed by atoms with Gasteiger partial charge in [-0.25, -0.2) is 14.8 Å². The number of nitrogens with zero attached hydrogens (tertiary/aromatic N) is 6. The van der Waals surface area contributed by atoms with Gasteiger partial charge in [0.1, 0.15) is 24.0 Å². The van der Waals surface area contributed by atoms with Gasteiger partial charge in [0.05, 0.1) is 12.4 Å². The number of aliphatic imine (C=N–C) groups is 1. The molecular weight excluding hydrogens is 360 g/mol. The minimum Gasteiger partial charge on any atom is -0.487 e. The molecule has 0 saturated carbocycles. The van der Waals surface area contributed by atoms with Crippen molar-refractivity contribution in [2.45, 2.75) is 32.4 Å². The van der Waals surface area contributed by atoms with Crippen molar-refractivity contribution < 1.29 is 14.3 Å². The Labute approximate surface area is 165 Å². The number of nitriles is 1. The zero-order chi connectivity index (χ0) is 20.5. The van der Waals surface area contributed by atoms with Crippen LogP contribution in [0, 0.1) is 11.3 Å². The van der Waals surface area contributed by atoms with Crippen LogP contribution in [0.2, 0.25) is 0 Å². The lowest BCUT2D eigenvalue weighted by atomic mass is 10.1. The minimum absolute atomic E-state index is 0.0380. The molecule has 1 saturated heterocycles. The summed E-state index contributed by atoms with van der Waals surface area (Å²) in [6.07, 6.45) is 1.30. The summed E-state index contributed by atoms with van der Waals surface area (Å²) >= 11 is 0. The predicted octanol–water partition coefficient (Wildman–Crippen LogP) is 1.99. The molecule has 0 bridgehead atoms. The molecule has 9 nitrogen and oxygen atoms in total. The van der Waals surface area contributed by atoms with Crippen LogP contribution in [0.4, 0.5) is 16.3 Å². The number of fused-ring (bicyclic) bond motifs is 3. The number of hydrogen-bond acceptors (Lipinski definition) is 7. The van der Waals surface area contributed by atoms with Gasteiger partial charge in [0.15, 0.2) is 17.3 Å². The Morgan fingerprint density at radius 1 is 1.46 bits per heavy atom. The SMILES string of the molecule is CN(C)C=Nc1cc2c(nc1C#N)N1CCN(C(=O)OC(C)(C)C)C[C@@H]1CO2. The van der Waals surface area contributed by atoms with E-state index in [9.17, 15) is 10.1 Å². The number of pyridine rings is 1. The first-order valence-electron chi connectivity index (χ1n) is 9.21. The third-order valence-corrected chi connectivity index (χ3v) is 4.32. The molecule has 0 aliphatic carbocycles. The van der Waals surface area contributed by atoms with E-state index >= 15 is 0 Å². The third kappa shape index (κ3) is 4.27. The number of rotatable bonds is 2. The van der Waals surface area contributed by atoms with Crippen LogP contribution in [0.15, 0.2) is 11.1 Å².